The Bertz CT molecular complexity index is 712. The van der Waals surface area contributed by atoms with Crippen LogP contribution in [0.2, 0.25) is 0 Å². The van der Waals surface area contributed by atoms with Crippen molar-refractivity contribution >= 4 is 15.9 Å². The Morgan fingerprint density at radius 3 is 2.33 bits per heavy atom. The molecule has 0 aliphatic heterocycles. The van der Waals surface area contributed by atoms with E-state index in [0.717, 1.165) is 32.1 Å². The summed E-state index contributed by atoms with van der Waals surface area (Å²) in [6.45, 7) is 2.69. The van der Waals surface area contributed by atoms with Crippen LogP contribution in [0.1, 0.15) is 58.3 Å². The molecule has 27 heavy (non-hydrogen) atoms. The van der Waals surface area contributed by atoms with Gasteiger partial charge in [-0.3, -0.25) is 4.79 Å². The second-order valence-corrected chi connectivity index (χ2v) is 10.0. The van der Waals surface area contributed by atoms with E-state index >= 15 is 0 Å². The van der Waals surface area contributed by atoms with Crippen molar-refractivity contribution in [2.45, 2.75) is 69.2 Å². The molecule has 0 unspecified atom stereocenters. The zero-order valence-electron chi connectivity index (χ0n) is 16.2. The molecule has 150 valence electrons. The average molecular weight is 393 g/mol. The first-order chi connectivity index (χ1) is 13.0. The van der Waals surface area contributed by atoms with Crippen LogP contribution in [0.5, 0.6) is 0 Å². The van der Waals surface area contributed by atoms with Crippen LogP contribution in [0.3, 0.4) is 0 Å². The van der Waals surface area contributed by atoms with Gasteiger partial charge in [-0.25, -0.2) is 13.1 Å². The molecule has 0 aromatic heterocycles. The van der Waals surface area contributed by atoms with Crippen LogP contribution in [-0.2, 0) is 14.8 Å². The Balaban J connectivity index is 1.43. The molecule has 3 rings (SSSR count). The van der Waals surface area contributed by atoms with E-state index in [9.17, 15) is 13.2 Å². The third-order valence-electron chi connectivity index (χ3n) is 6.27. The maximum Gasteiger partial charge on any atom is 0.240 e. The Morgan fingerprint density at radius 1 is 1.00 bits per heavy atom. The zero-order valence-corrected chi connectivity index (χ0v) is 17.0. The van der Waals surface area contributed by atoms with E-state index < -0.39 is 10.0 Å². The van der Waals surface area contributed by atoms with Gasteiger partial charge in [-0.05, 0) is 62.5 Å². The number of amides is 1. The van der Waals surface area contributed by atoms with Crippen molar-refractivity contribution in [1.29, 1.82) is 0 Å². The molecule has 0 spiro atoms. The average Bonchev–Trinajstić information content (AvgIpc) is 2.69. The second kappa shape index (κ2) is 9.20. The molecule has 0 heterocycles. The van der Waals surface area contributed by atoms with Crippen LogP contribution in [0, 0.1) is 17.8 Å². The first-order valence-corrected chi connectivity index (χ1v) is 11.8. The molecule has 1 aromatic rings. The van der Waals surface area contributed by atoms with E-state index in [4.69, 9.17) is 0 Å². The van der Waals surface area contributed by atoms with E-state index in [2.05, 4.69) is 17.0 Å². The van der Waals surface area contributed by atoms with Gasteiger partial charge in [-0.1, -0.05) is 38.0 Å². The summed E-state index contributed by atoms with van der Waals surface area (Å²) in [4.78, 5) is 12.9. The topological polar surface area (TPSA) is 75.3 Å². The fourth-order valence-corrected chi connectivity index (χ4v) is 5.51. The van der Waals surface area contributed by atoms with E-state index in [1.54, 1.807) is 30.3 Å². The predicted molar refractivity (Wildman–Crippen MR) is 107 cm³/mol. The standard InChI is InChI=1S/C21H32N2O3S/c1-16-7-5-6-10-20(16)23-21(24)18-13-11-17(12-14-18)15-22-27(25,26)19-8-3-2-4-9-19/h2-4,8-9,16-18,20,22H,5-7,10-15H2,1H3,(H,23,24)/t16-,17?,18?,20+/m1/s1. The highest BCUT2D eigenvalue weighted by molar-refractivity contribution is 7.89. The molecule has 0 saturated heterocycles. The molecular formula is C21H32N2O3S. The van der Waals surface area contributed by atoms with Gasteiger partial charge in [-0.2, -0.15) is 0 Å². The van der Waals surface area contributed by atoms with Gasteiger partial charge in [0.2, 0.25) is 15.9 Å². The highest BCUT2D eigenvalue weighted by atomic mass is 32.2. The largest absolute Gasteiger partial charge is 0.353 e. The first-order valence-electron chi connectivity index (χ1n) is 10.3. The molecule has 2 N–H and O–H groups in total. The number of nitrogens with one attached hydrogen (secondary N) is 2. The van der Waals surface area contributed by atoms with Gasteiger partial charge < -0.3 is 5.32 Å². The molecule has 1 aromatic carbocycles. The van der Waals surface area contributed by atoms with Crippen LogP contribution in [0.15, 0.2) is 35.2 Å². The van der Waals surface area contributed by atoms with Crippen molar-refractivity contribution in [3.63, 3.8) is 0 Å². The normalized spacial score (nSPS) is 29.2. The summed E-state index contributed by atoms with van der Waals surface area (Å²) in [5.41, 5.74) is 0. The van der Waals surface area contributed by atoms with Gasteiger partial charge >= 0.3 is 0 Å². The van der Waals surface area contributed by atoms with Gasteiger partial charge in [0.25, 0.3) is 0 Å². The van der Waals surface area contributed by atoms with E-state index in [-0.39, 0.29) is 11.8 Å². The lowest BCUT2D eigenvalue weighted by Crippen LogP contribution is -2.44. The van der Waals surface area contributed by atoms with Crippen molar-refractivity contribution < 1.29 is 13.2 Å². The summed E-state index contributed by atoms with van der Waals surface area (Å²) in [6, 6.07) is 8.81. The number of hydrogen-bond donors (Lipinski definition) is 2. The van der Waals surface area contributed by atoms with Crippen LogP contribution in [0.25, 0.3) is 0 Å². The first kappa shape index (κ1) is 20.3. The lowest BCUT2D eigenvalue weighted by Gasteiger charge is -2.33. The fraction of sp³-hybridized carbons (Fsp3) is 0.667. The maximum absolute atomic E-state index is 12.6. The lowest BCUT2D eigenvalue weighted by atomic mass is 9.80. The summed E-state index contributed by atoms with van der Waals surface area (Å²) >= 11 is 0. The van der Waals surface area contributed by atoms with E-state index in [1.807, 2.05) is 0 Å². The van der Waals surface area contributed by atoms with E-state index in [0.29, 0.717) is 29.3 Å². The zero-order chi connectivity index (χ0) is 19.3. The monoisotopic (exact) mass is 392 g/mol. The van der Waals surface area contributed by atoms with Gasteiger partial charge in [0.15, 0.2) is 0 Å². The molecule has 0 radical (unpaired) electrons. The van der Waals surface area contributed by atoms with Crippen LogP contribution < -0.4 is 10.0 Å². The third kappa shape index (κ3) is 5.55. The van der Waals surface area contributed by atoms with Crippen molar-refractivity contribution in [2.24, 2.45) is 17.8 Å². The Hall–Kier alpha value is -1.40. The van der Waals surface area contributed by atoms with E-state index in [1.165, 1.54) is 19.3 Å². The summed E-state index contributed by atoms with van der Waals surface area (Å²) in [6.07, 6.45) is 8.30. The second-order valence-electron chi connectivity index (χ2n) is 8.26. The molecular weight excluding hydrogens is 360 g/mol. The Morgan fingerprint density at radius 2 is 1.67 bits per heavy atom. The smallest absolute Gasteiger partial charge is 0.240 e. The van der Waals surface area contributed by atoms with Crippen LogP contribution >= 0.6 is 0 Å². The molecule has 5 nitrogen and oxygen atoms in total. The third-order valence-corrected chi connectivity index (χ3v) is 7.71. The summed E-state index contributed by atoms with van der Waals surface area (Å²) in [5, 5.41) is 3.28. The fourth-order valence-electron chi connectivity index (χ4n) is 4.37. The minimum atomic E-state index is -3.44. The quantitative estimate of drug-likeness (QED) is 0.778. The number of carbonyl (C=O) groups excluding carboxylic acids is 1. The number of sulfonamides is 1. The Labute approximate surface area is 163 Å². The predicted octanol–water partition coefficient (Wildman–Crippen LogP) is 3.47. The molecule has 6 heteroatoms. The van der Waals surface area contributed by atoms with Crippen molar-refractivity contribution in [3.8, 4) is 0 Å². The van der Waals surface area contributed by atoms with Crippen LogP contribution in [-0.4, -0.2) is 26.9 Å². The molecule has 2 aliphatic carbocycles. The number of carbonyl (C=O) groups is 1. The Kier molecular flexibility index (Phi) is 6.93. The van der Waals surface area contributed by atoms with Gasteiger partial charge in [0.1, 0.15) is 0 Å². The molecule has 2 aliphatic rings. The van der Waals surface area contributed by atoms with Gasteiger partial charge in [0, 0.05) is 18.5 Å². The minimum Gasteiger partial charge on any atom is -0.353 e. The number of rotatable bonds is 6. The lowest BCUT2D eigenvalue weighted by molar-refractivity contribution is -0.127. The van der Waals surface area contributed by atoms with Crippen molar-refractivity contribution in [1.82, 2.24) is 10.0 Å². The summed E-state index contributed by atoms with van der Waals surface area (Å²) in [7, 11) is -3.44. The van der Waals surface area contributed by atoms with Gasteiger partial charge in [-0.15, -0.1) is 0 Å². The molecule has 2 atom stereocenters. The summed E-state index contributed by atoms with van der Waals surface area (Å²) < 4.78 is 27.4. The van der Waals surface area contributed by atoms with Crippen LogP contribution in [0.4, 0.5) is 0 Å². The highest BCUT2D eigenvalue weighted by Crippen LogP contribution is 2.30. The number of hydrogen-bond acceptors (Lipinski definition) is 3. The SMILES string of the molecule is C[C@@H]1CCCC[C@@H]1NC(=O)C1CCC(CNS(=O)(=O)c2ccccc2)CC1. The molecule has 2 saturated carbocycles. The van der Waals surface area contributed by atoms with Crippen molar-refractivity contribution in [3.05, 3.63) is 30.3 Å². The van der Waals surface area contributed by atoms with Gasteiger partial charge in [0.05, 0.1) is 4.90 Å². The maximum atomic E-state index is 12.6. The molecule has 1 amide bonds. The highest BCUT2D eigenvalue weighted by Gasteiger charge is 2.30. The molecule has 0 bridgehead atoms. The minimum absolute atomic E-state index is 0.0844. The number of benzene rings is 1. The molecule has 2 fully saturated rings. The summed E-state index contributed by atoms with van der Waals surface area (Å²) in [5.74, 6) is 1.17. The van der Waals surface area contributed by atoms with Crippen molar-refractivity contribution in [2.75, 3.05) is 6.54 Å².